The summed E-state index contributed by atoms with van der Waals surface area (Å²) in [5, 5.41) is 13.2. The van der Waals surface area contributed by atoms with Crippen molar-refractivity contribution in [3.05, 3.63) is 39.7 Å². The fraction of sp³-hybridized carbons (Fsp3) is 0.417. The molecule has 18 heavy (non-hydrogen) atoms. The van der Waals surface area contributed by atoms with Crippen LogP contribution >= 0.6 is 0 Å². The van der Waals surface area contributed by atoms with E-state index in [4.69, 9.17) is 0 Å². The number of hydrogen-bond donors (Lipinski definition) is 1. The Bertz CT molecular complexity index is 504. The summed E-state index contributed by atoms with van der Waals surface area (Å²) in [4.78, 5) is 21.6. The van der Waals surface area contributed by atoms with Gasteiger partial charge in [0.05, 0.1) is 10.5 Å². The molecule has 5 nitrogen and oxygen atoms in total. The molecule has 1 aliphatic rings. The van der Waals surface area contributed by atoms with Crippen LogP contribution < -0.4 is 5.32 Å². The number of rotatable bonds is 4. The second-order valence-corrected chi connectivity index (χ2v) is 4.60. The van der Waals surface area contributed by atoms with E-state index in [1.165, 1.54) is 0 Å². The number of benzene rings is 1. The first kappa shape index (κ1) is 12.5. The molecule has 0 aromatic heterocycles. The average Bonchev–Trinajstić information content (AvgIpc) is 3.02. The maximum atomic E-state index is 13.4. The Morgan fingerprint density at radius 1 is 1.61 bits per heavy atom. The van der Waals surface area contributed by atoms with Crippen LogP contribution in [-0.4, -0.2) is 17.4 Å². The van der Waals surface area contributed by atoms with Gasteiger partial charge in [0.2, 0.25) is 0 Å². The minimum atomic E-state index is -0.748. The van der Waals surface area contributed by atoms with E-state index in [1.54, 1.807) is 0 Å². The molecule has 2 unspecified atom stereocenters. The van der Waals surface area contributed by atoms with Crippen LogP contribution in [0.2, 0.25) is 0 Å². The van der Waals surface area contributed by atoms with E-state index >= 15 is 0 Å². The van der Waals surface area contributed by atoms with E-state index in [0.717, 1.165) is 24.6 Å². The number of nitro groups is 1. The van der Waals surface area contributed by atoms with Crippen molar-refractivity contribution in [2.24, 2.45) is 11.8 Å². The van der Waals surface area contributed by atoms with Gasteiger partial charge in [0.25, 0.3) is 11.6 Å². The number of amides is 1. The normalized spacial score (nSPS) is 21.4. The number of non-ortho nitro benzene ring substituents is 1. The van der Waals surface area contributed by atoms with Gasteiger partial charge in [-0.2, -0.15) is 0 Å². The third-order valence-corrected chi connectivity index (χ3v) is 3.21. The summed E-state index contributed by atoms with van der Waals surface area (Å²) in [6.07, 6.45) is 1.05. The molecule has 2 atom stereocenters. The predicted molar refractivity (Wildman–Crippen MR) is 62.7 cm³/mol. The van der Waals surface area contributed by atoms with Gasteiger partial charge < -0.3 is 5.32 Å². The molecule has 0 heterocycles. The van der Waals surface area contributed by atoms with Crippen molar-refractivity contribution >= 4 is 11.6 Å². The van der Waals surface area contributed by atoms with Crippen molar-refractivity contribution in [1.29, 1.82) is 0 Å². The van der Waals surface area contributed by atoms with Crippen molar-refractivity contribution in [3.8, 4) is 0 Å². The lowest BCUT2D eigenvalue weighted by atomic mass is 10.1. The van der Waals surface area contributed by atoms with Gasteiger partial charge in [-0.05, 0) is 24.3 Å². The lowest BCUT2D eigenvalue weighted by Gasteiger charge is -2.05. The van der Waals surface area contributed by atoms with Gasteiger partial charge in [-0.3, -0.25) is 14.9 Å². The number of halogens is 1. The van der Waals surface area contributed by atoms with Gasteiger partial charge in [-0.1, -0.05) is 6.92 Å². The summed E-state index contributed by atoms with van der Waals surface area (Å²) in [6.45, 7) is 2.56. The van der Waals surface area contributed by atoms with Crippen molar-refractivity contribution in [3.63, 3.8) is 0 Å². The van der Waals surface area contributed by atoms with Crippen LogP contribution in [0.5, 0.6) is 0 Å². The number of nitro benzene ring substituents is 1. The van der Waals surface area contributed by atoms with E-state index in [-0.39, 0.29) is 11.3 Å². The topological polar surface area (TPSA) is 72.2 Å². The summed E-state index contributed by atoms with van der Waals surface area (Å²) < 4.78 is 13.4. The summed E-state index contributed by atoms with van der Waals surface area (Å²) in [5.74, 6) is -0.326. The average molecular weight is 252 g/mol. The third-order valence-electron chi connectivity index (χ3n) is 3.21. The molecule has 2 rings (SSSR count). The molecule has 1 fully saturated rings. The zero-order chi connectivity index (χ0) is 13.3. The number of hydrogen-bond acceptors (Lipinski definition) is 3. The van der Waals surface area contributed by atoms with Gasteiger partial charge in [0, 0.05) is 18.7 Å². The first-order chi connectivity index (χ1) is 8.49. The van der Waals surface area contributed by atoms with Crippen LogP contribution in [0.1, 0.15) is 23.7 Å². The maximum absolute atomic E-state index is 13.4. The van der Waals surface area contributed by atoms with Gasteiger partial charge in [0.1, 0.15) is 5.82 Å². The third kappa shape index (κ3) is 2.64. The first-order valence-electron chi connectivity index (χ1n) is 5.71. The zero-order valence-corrected chi connectivity index (χ0v) is 9.85. The van der Waals surface area contributed by atoms with Crippen LogP contribution in [0.3, 0.4) is 0 Å². The fourth-order valence-electron chi connectivity index (χ4n) is 1.80. The molecular weight excluding hydrogens is 239 g/mol. The maximum Gasteiger partial charge on any atom is 0.270 e. The van der Waals surface area contributed by atoms with E-state index in [9.17, 15) is 19.3 Å². The lowest BCUT2D eigenvalue weighted by molar-refractivity contribution is -0.384. The molecule has 1 N–H and O–H groups in total. The molecule has 96 valence electrons. The Balaban J connectivity index is 2.08. The van der Waals surface area contributed by atoms with Gasteiger partial charge >= 0.3 is 0 Å². The predicted octanol–water partition coefficient (Wildman–Crippen LogP) is 2.12. The van der Waals surface area contributed by atoms with Gasteiger partial charge in [0.15, 0.2) is 0 Å². The minimum absolute atomic E-state index is 0.280. The molecule has 6 heteroatoms. The highest BCUT2D eigenvalue weighted by Gasteiger charge is 2.32. The highest BCUT2D eigenvalue weighted by molar-refractivity contribution is 5.95. The van der Waals surface area contributed by atoms with Crippen LogP contribution in [0.4, 0.5) is 10.1 Å². The van der Waals surface area contributed by atoms with Crippen LogP contribution in [-0.2, 0) is 0 Å². The second-order valence-electron chi connectivity index (χ2n) is 4.60. The Hall–Kier alpha value is -1.98. The van der Waals surface area contributed by atoms with Crippen molar-refractivity contribution in [2.45, 2.75) is 13.3 Å². The Morgan fingerprint density at radius 2 is 2.28 bits per heavy atom. The highest BCUT2D eigenvalue weighted by atomic mass is 19.1. The Morgan fingerprint density at radius 3 is 2.83 bits per heavy atom. The van der Waals surface area contributed by atoms with E-state index < -0.39 is 16.6 Å². The smallest absolute Gasteiger partial charge is 0.270 e. The van der Waals surface area contributed by atoms with E-state index in [2.05, 4.69) is 12.2 Å². The SMILES string of the molecule is CC1CC1CNC(=O)c1cc([N+](=O)[O-])ccc1F. The molecule has 1 aromatic rings. The molecular formula is C12H13FN2O3. The van der Waals surface area contributed by atoms with E-state index in [1.807, 2.05) is 0 Å². The Kier molecular flexibility index (Phi) is 3.27. The molecule has 1 amide bonds. The fourth-order valence-corrected chi connectivity index (χ4v) is 1.80. The second kappa shape index (κ2) is 4.72. The lowest BCUT2D eigenvalue weighted by Crippen LogP contribution is -2.26. The summed E-state index contributed by atoms with van der Waals surface area (Å²) in [7, 11) is 0. The molecule has 1 saturated carbocycles. The number of nitrogens with zero attached hydrogens (tertiary/aromatic N) is 1. The van der Waals surface area contributed by atoms with Crippen LogP contribution in [0.25, 0.3) is 0 Å². The number of nitrogens with one attached hydrogen (secondary N) is 1. The van der Waals surface area contributed by atoms with Crippen molar-refractivity contribution in [2.75, 3.05) is 6.54 Å². The molecule has 1 aromatic carbocycles. The summed E-state index contributed by atoms with van der Waals surface area (Å²) in [5.41, 5.74) is -0.571. The zero-order valence-electron chi connectivity index (χ0n) is 9.85. The van der Waals surface area contributed by atoms with Crippen molar-refractivity contribution in [1.82, 2.24) is 5.32 Å². The molecule has 0 saturated heterocycles. The molecule has 1 aliphatic carbocycles. The summed E-state index contributed by atoms with van der Waals surface area (Å²) in [6, 6.07) is 2.93. The van der Waals surface area contributed by atoms with Crippen molar-refractivity contribution < 1.29 is 14.1 Å². The van der Waals surface area contributed by atoms with Gasteiger partial charge in [-0.25, -0.2) is 4.39 Å². The molecule has 0 aliphatic heterocycles. The number of carbonyl (C=O) groups is 1. The van der Waals surface area contributed by atoms with Crippen LogP contribution in [0, 0.1) is 27.8 Å². The van der Waals surface area contributed by atoms with E-state index in [0.29, 0.717) is 18.4 Å². The molecule has 0 bridgehead atoms. The largest absolute Gasteiger partial charge is 0.352 e. The highest BCUT2D eigenvalue weighted by Crippen LogP contribution is 2.36. The van der Waals surface area contributed by atoms with Crippen LogP contribution in [0.15, 0.2) is 18.2 Å². The minimum Gasteiger partial charge on any atom is -0.352 e. The quantitative estimate of drug-likeness (QED) is 0.659. The van der Waals surface area contributed by atoms with Gasteiger partial charge in [-0.15, -0.1) is 0 Å². The molecule has 0 spiro atoms. The standard InChI is InChI=1S/C12H13FN2O3/c1-7-4-8(7)6-14-12(16)10-5-9(15(17)18)2-3-11(10)13/h2-3,5,7-8H,4,6H2,1H3,(H,14,16). The Labute approximate surface area is 103 Å². The number of carbonyl (C=O) groups excluding carboxylic acids is 1. The monoisotopic (exact) mass is 252 g/mol. The first-order valence-corrected chi connectivity index (χ1v) is 5.71. The summed E-state index contributed by atoms with van der Waals surface area (Å²) >= 11 is 0. The molecule has 0 radical (unpaired) electrons.